The van der Waals surface area contributed by atoms with Crippen LogP contribution in [0.3, 0.4) is 0 Å². The first-order valence-corrected chi connectivity index (χ1v) is 7.70. The molecule has 0 amide bonds. The van der Waals surface area contributed by atoms with Gasteiger partial charge < -0.3 is 5.32 Å². The molecule has 1 saturated heterocycles. The van der Waals surface area contributed by atoms with Crippen molar-refractivity contribution in [1.29, 1.82) is 0 Å². The molecule has 0 saturated carbocycles. The molecule has 0 aliphatic carbocycles. The number of thioether (sulfide) groups is 1. The van der Waals surface area contributed by atoms with Gasteiger partial charge in [-0.1, -0.05) is 6.92 Å². The predicted octanol–water partition coefficient (Wildman–Crippen LogP) is 2.50. The Bertz CT molecular complexity index is 574. The monoisotopic (exact) mass is 293 g/mol. The van der Waals surface area contributed by atoms with E-state index in [2.05, 4.69) is 27.8 Å². The zero-order valence-electron chi connectivity index (χ0n) is 11.2. The molecular formula is C13H16FN5S. The van der Waals surface area contributed by atoms with Gasteiger partial charge >= 0.3 is 0 Å². The lowest BCUT2D eigenvalue weighted by molar-refractivity contribution is 0.596. The first-order valence-electron chi connectivity index (χ1n) is 6.65. The van der Waals surface area contributed by atoms with Crippen LogP contribution in [0.4, 0.5) is 10.1 Å². The molecule has 1 aromatic heterocycles. The van der Waals surface area contributed by atoms with Gasteiger partial charge in [0.25, 0.3) is 0 Å². The van der Waals surface area contributed by atoms with E-state index < -0.39 is 0 Å². The number of aromatic nitrogens is 4. The molecule has 0 radical (unpaired) electrons. The molecule has 5 nitrogen and oxygen atoms in total. The highest BCUT2D eigenvalue weighted by Crippen LogP contribution is 2.29. The molecular weight excluding hydrogens is 277 g/mol. The predicted molar refractivity (Wildman–Crippen MR) is 77.7 cm³/mol. The maximum absolute atomic E-state index is 14.0. The molecule has 0 spiro atoms. The van der Waals surface area contributed by atoms with Crippen LogP contribution in [0.5, 0.6) is 0 Å². The Balaban J connectivity index is 1.83. The van der Waals surface area contributed by atoms with Gasteiger partial charge in [0.05, 0.1) is 11.4 Å². The van der Waals surface area contributed by atoms with E-state index in [1.54, 1.807) is 12.1 Å². The lowest BCUT2D eigenvalue weighted by atomic mass is 10.1. The summed E-state index contributed by atoms with van der Waals surface area (Å²) in [5.41, 5.74) is 1.26. The first-order chi connectivity index (χ1) is 9.74. The van der Waals surface area contributed by atoms with Crippen LogP contribution in [0, 0.1) is 5.82 Å². The lowest BCUT2D eigenvalue weighted by Crippen LogP contribution is -2.33. The Morgan fingerprint density at radius 1 is 1.45 bits per heavy atom. The Kier molecular flexibility index (Phi) is 3.86. The number of halogens is 1. The average Bonchev–Trinajstić information content (AvgIpc) is 2.98. The highest BCUT2D eigenvalue weighted by atomic mass is 32.2. The number of nitrogens with one attached hydrogen (secondary N) is 1. The second-order valence-corrected chi connectivity index (χ2v) is 6.37. The summed E-state index contributed by atoms with van der Waals surface area (Å²) >= 11 is 1.93. The SMILES string of the molecule is CC1SCCCC1Nc1cc(-n2cnnn2)ccc1F. The second kappa shape index (κ2) is 5.78. The molecule has 1 aliphatic rings. The van der Waals surface area contributed by atoms with Gasteiger partial charge in [0.1, 0.15) is 12.1 Å². The van der Waals surface area contributed by atoms with Gasteiger partial charge in [-0.05, 0) is 47.2 Å². The van der Waals surface area contributed by atoms with Crippen molar-refractivity contribution in [3.05, 3.63) is 30.3 Å². The highest BCUT2D eigenvalue weighted by Gasteiger charge is 2.22. The maximum Gasteiger partial charge on any atom is 0.146 e. The van der Waals surface area contributed by atoms with E-state index in [-0.39, 0.29) is 5.82 Å². The van der Waals surface area contributed by atoms with Crippen LogP contribution >= 0.6 is 11.8 Å². The molecule has 2 unspecified atom stereocenters. The van der Waals surface area contributed by atoms with Gasteiger partial charge in [0.2, 0.25) is 0 Å². The van der Waals surface area contributed by atoms with Crippen molar-refractivity contribution in [2.75, 3.05) is 11.1 Å². The van der Waals surface area contributed by atoms with Crippen LogP contribution in [0.25, 0.3) is 5.69 Å². The van der Waals surface area contributed by atoms with Crippen molar-refractivity contribution in [3.8, 4) is 5.69 Å². The normalized spacial score (nSPS) is 22.7. The number of tetrazole rings is 1. The van der Waals surface area contributed by atoms with Crippen LogP contribution in [0.15, 0.2) is 24.5 Å². The molecule has 20 heavy (non-hydrogen) atoms. The summed E-state index contributed by atoms with van der Waals surface area (Å²) in [7, 11) is 0. The number of hydrogen-bond donors (Lipinski definition) is 1. The fourth-order valence-corrected chi connectivity index (χ4v) is 3.50. The van der Waals surface area contributed by atoms with Gasteiger partial charge in [-0.25, -0.2) is 9.07 Å². The molecule has 2 heterocycles. The van der Waals surface area contributed by atoms with Crippen molar-refractivity contribution in [2.24, 2.45) is 0 Å². The number of benzene rings is 1. The molecule has 106 valence electrons. The van der Waals surface area contributed by atoms with Gasteiger partial charge in [-0.3, -0.25) is 0 Å². The molecule has 1 aliphatic heterocycles. The van der Waals surface area contributed by atoms with Crippen molar-refractivity contribution in [3.63, 3.8) is 0 Å². The molecule has 3 rings (SSSR count). The van der Waals surface area contributed by atoms with Crippen LogP contribution in [-0.2, 0) is 0 Å². The van der Waals surface area contributed by atoms with E-state index in [4.69, 9.17) is 0 Å². The third-order valence-corrected chi connectivity index (χ3v) is 4.89. The van der Waals surface area contributed by atoms with Gasteiger partial charge in [-0.2, -0.15) is 11.8 Å². The molecule has 1 N–H and O–H groups in total. The largest absolute Gasteiger partial charge is 0.379 e. The maximum atomic E-state index is 14.0. The van der Waals surface area contributed by atoms with E-state index in [1.165, 1.54) is 29.2 Å². The molecule has 0 bridgehead atoms. The van der Waals surface area contributed by atoms with E-state index in [1.807, 2.05) is 11.8 Å². The van der Waals surface area contributed by atoms with Gasteiger partial charge in [0, 0.05) is 11.3 Å². The minimum atomic E-state index is -0.246. The smallest absolute Gasteiger partial charge is 0.146 e. The van der Waals surface area contributed by atoms with Crippen LogP contribution in [0.2, 0.25) is 0 Å². The summed E-state index contributed by atoms with van der Waals surface area (Å²) in [5, 5.41) is 14.8. The third kappa shape index (κ3) is 2.77. The average molecular weight is 293 g/mol. The molecule has 2 aromatic rings. The lowest BCUT2D eigenvalue weighted by Gasteiger charge is -2.30. The Morgan fingerprint density at radius 2 is 2.35 bits per heavy atom. The van der Waals surface area contributed by atoms with Crippen LogP contribution in [-0.4, -0.2) is 37.3 Å². The standard InChI is InChI=1S/C13H16FN5S/c1-9-12(3-2-6-20-9)16-13-7-10(4-5-11(13)14)19-8-15-17-18-19/h4-5,7-9,12,16H,2-3,6H2,1H3. The van der Waals surface area contributed by atoms with E-state index in [0.29, 0.717) is 17.0 Å². The van der Waals surface area contributed by atoms with Gasteiger partial charge in [-0.15, -0.1) is 5.10 Å². The quantitative estimate of drug-likeness (QED) is 0.942. The first kappa shape index (κ1) is 13.4. The van der Waals surface area contributed by atoms with Crippen LogP contribution < -0.4 is 5.32 Å². The Morgan fingerprint density at radius 3 is 3.10 bits per heavy atom. The fourth-order valence-electron chi connectivity index (χ4n) is 2.36. The summed E-state index contributed by atoms with van der Waals surface area (Å²) in [6.07, 6.45) is 3.74. The minimum Gasteiger partial charge on any atom is -0.379 e. The number of nitrogens with zero attached hydrogens (tertiary/aromatic N) is 4. The van der Waals surface area contributed by atoms with Crippen molar-refractivity contribution < 1.29 is 4.39 Å². The van der Waals surface area contributed by atoms with Crippen molar-refractivity contribution >= 4 is 17.4 Å². The zero-order chi connectivity index (χ0) is 13.9. The van der Waals surface area contributed by atoms with Gasteiger partial charge in [0.15, 0.2) is 0 Å². The zero-order valence-corrected chi connectivity index (χ0v) is 12.0. The number of hydrogen-bond acceptors (Lipinski definition) is 5. The molecule has 1 fully saturated rings. The van der Waals surface area contributed by atoms with Crippen LogP contribution in [0.1, 0.15) is 19.8 Å². The van der Waals surface area contributed by atoms with E-state index in [0.717, 1.165) is 12.1 Å². The molecule has 7 heteroatoms. The summed E-state index contributed by atoms with van der Waals surface area (Å²) in [6, 6.07) is 5.15. The van der Waals surface area contributed by atoms with Crippen molar-refractivity contribution in [1.82, 2.24) is 20.2 Å². The Labute approximate surface area is 120 Å². The number of rotatable bonds is 3. The summed E-state index contributed by atoms with van der Waals surface area (Å²) in [6.45, 7) is 2.19. The van der Waals surface area contributed by atoms with E-state index >= 15 is 0 Å². The molecule has 1 aromatic carbocycles. The second-order valence-electron chi connectivity index (χ2n) is 4.89. The van der Waals surface area contributed by atoms with Crippen molar-refractivity contribution in [2.45, 2.75) is 31.1 Å². The van der Waals surface area contributed by atoms with E-state index in [9.17, 15) is 4.39 Å². The minimum absolute atomic E-state index is 0.246. The molecule has 2 atom stereocenters. The summed E-state index contributed by atoms with van der Waals surface area (Å²) in [4.78, 5) is 0. The topological polar surface area (TPSA) is 55.6 Å². The summed E-state index contributed by atoms with van der Waals surface area (Å²) in [5.74, 6) is 0.941. The third-order valence-electron chi connectivity index (χ3n) is 3.51. The highest BCUT2D eigenvalue weighted by molar-refractivity contribution is 8.00. The number of anilines is 1. The summed E-state index contributed by atoms with van der Waals surface area (Å²) < 4.78 is 15.5. The Hall–Kier alpha value is -1.63. The fraction of sp³-hybridized carbons (Fsp3) is 0.462.